The highest BCUT2D eigenvalue weighted by molar-refractivity contribution is 5.37. The largest absolute Gasteiger partial charge is 0.497 e. The van der Waals surface area contributed by atoms with Crippen LogP contribution in [0.5, 0.6) is 5.75 Å². The Kier molecular flexibility index (Phi) is 3.28. The van der Waals surface area contributed by atoms with Crippen molar-refractivity contribution in [3.05, 3.63) is 29.3 Å². The number of methoxy groups -OCH3 is 1. The smallest absolute Gasteiger partial charge is 0.401 e. The molecular formula is C12H14F3NO. The molecule has 0 aliphatic carbocycles. The summed E-state index contributed by atoms with van der Waals surface area (Å²) in [4.78, 5) is 1.42. The Balaban J connectivity index is 2.11. The molecule has 2 rings (SSSR count). The van der Waals surface area contributed by atoms with Crippen molar-refractivity contribution < 1.29 is 17.9 Å². The van der Waals surface area contributed by atoms with E-state index in [4.69, 9.17) is 4.74 Å². The Labute approximate surface area is 98.0 Å². The summed E-state index contributed by atoms with van der Waals surface area (Å²) >= 11 is 0. The number of rotatable bonds is 2. The van der Waals surface area contributed by atoms with Gasteiger partial charge in [-0.1, -0.05) is 6.07 Å². The Morgan fingerprint density at radius 1 is 1.29 bits per heavy atom. The van der Waals surface area contributed by atoms with Crippen molar-refractivity contribution in [2.75, 3.05) is 20.2 Å². The molecule has 5 heteroatoms. The minimum Gasteiger partial charge on any atom is -0.497 e. The van der Waals surface area contributed by atoms with Crippen LogP contribution in [0.15, 0.2) is 18.2 Å². The molecule has 0 fully saturated rings. The minimum atomic E-state index is -4.13. The third-order valence-corrected chi connectivity index (χ3v) is 2.91. The lowest BCUT2D eigenvalue weighted by molar-refractivity contribution is -0.147. The molecule has 1 heterocycles. The van der Waals surface area contributed by atoms with Crippen LogP contribution in [0, 0.1) is 0 Å². The number of hydrogen-bond acceptors (Lipinski definition) is 2. The number of alkyl halides is 3. The number of ether oxygens (including phenoxy) is 1. The van der Waals surface area contributed by atoms with Gasteiger partial charge < -0.3 is 4.74 Å². The fourth-order valence-electron chi connectivity index (χ4n) is 2.11. The number of hydrogen-bond donors (Lipinski definition) is 0. The van der Waals surface area contributed by atoms with Gasteiger partial charge in [-0.25, -0.2) is 0 Å². The van der Waals surface area contributed by atoms with E-state index in [2.05, 4.69) is 0 Å². The lowest BCUT2D eigenvalue weighted by atomic mass is 9.99. The Morgan fingerprint density at radius 2 is 2.06 bits per heavy atom. The van der Waals surface area contributed by atoms with Gasteiger partial charge in [-0.3, -0.25) is 4.90 Å². The van der Waals surface area contributed by atoms with Crippen molar-refractivity contribution in [3.63, 3.8) is 0 Å². The average molecular weight is 245 g/mol. The molecule has 94 valence electrons. The Bertz CT molecular complexity index is 403. The molecule has 0 bridgehead atoms. The molecule has 0 saturated carbocycles. The summed E-state index contributed by atoms with van der Waals surface area (Å²) in [7, 11) is 1.55. The molecule has 0 N–H and O–H groups in total. The van der Waals surface area contributed by atoms with E-state index >= 15 is 0 Å². The lowest BCUT2D eigenvalue weighted by Crippen LogP contribution is -2.37. The van der Waals surface area contributed by atoms with E-state index in [1.807, 2.05) is 18.2 Å². The molecule has 0 amide bonds. The van der Waals surface area contributed by atoms with Crippen LogP contribution in [-0.4, -0.2) is 31.3 Å². The Morgan fingerprint density at radius 3 is 2.71 bits per heavy atom. The van der Waals surface area contributed by atoms with Crippen molar-refractivity contribution in [2.45, 2.75) is 19.1 Å². The highest BCUT2D eigenvalue weighted by Crippen LogP contribution is 2.26. The quantitative estimate of drug-likeness (QED) is 0.794. The monoisotopic (exact) mass is 245 g/mol. The van der Waals surface area contributed by atoms with Crippen LogP contribution < -0.4 is 4.74 Å². The van der Waals surface area contributed by atoms with Gasteiger partial charge in [-0.2, -0.15) is 13.2 Å². The van der Waals surface area contributed by atoms with Crippen LogP contribution >= 0.6 is 0 Å². The van der Waals surface area contributed by atoms with Crippen molar-refractivity contribution in [1.29, 1.82) is 0 Å². The van der Waals surface area contributed by atoms with Gasteiger partial charge >= 0.3 is 6.18 Å². The molecule has 1 aliphatic heterocycles. The van der Waals surface area contributed by atoms with Gasteiger partial charge in [0.15, 0.2) is 0 Å². The zero-order chi connectivity index (χ0) is 12.5. The van der Waals surface area contributed by atoms with Gasteiger partial charge in [-0.15, -0.1) is 0 Å². The maximum absolute atomic E-state index is 12.3. The fraction of sp³-hybridized carbons (Fsp3) is 0.500. The zero-order valence-corrected chi connectivity index (χ0v) is 9.55. The maximum Gasteiger partial charge on any atom is 0.401 e. The van der Waals surface area contributed by atoms with Gasteiger partial charge in [-0.05, 0) is 29.7 Å². The molecule has 2 nitrogen and oxygen atoms in total. The van der Waals surface area contributed by atoms with Crippen molar-refractivity contribution >= 4 is 0 Å². The molecule has 0 spiro atoms. The molecule has 0 aromatic heterocycles. The highest BCUT2D eigenvalue weighted by Gasteiger charge is 2.32. The number of fused-ring (bicyclic) bond motifs is 1. The summed E-state index contributed by atoms with van der Waals surface area (Å²) in [6.07, 6.45) is -3.47. The molecule has 0 radical (unpaired) electrons. The molecule has 0 unspecified atom stereocenters. The zero-order valence-electron chi connectivity index (χ0n) is 9.55. The van der Waals surface area contributed by atoms with E-state index < -0.39 is 12.7 Å². The summed E-state index contributed by atoms with van der Waals surface area (Å²) in [5, 5.41) is 0. The summed E-state index contributed by atoms with van der Waals surface area (Å²) in [5.41, 5.74) is 2.05. The summed E-state index contributed by atoms with van der Waals surface area (Å²) in [5.74, 6) is 0.692. The molecular weight excluding hydrogens is 231 g/mol. The number of benzene rings is 1. The second-order valence-corrected chi connectivity index (χ2v) is 4.21. The van der Waals surface area contributed by atoms with E-state index in [9.17, 15) is 13.2 Å². The third kappa shape index (κ3) is 3.12. The lowest BCUT2D eigenvalue weighted by Gasteiger charge is -2.29. The number of nitrogens with zero attached hydrogens (tertiary/aromatic N) is 1. The van der Waals surface area contributed by atoms with Crippen molar-refractivity contribution in [1.82, 2.24) is 4.90 Å². The molecule has 1 aromatic carbocycles. The Hall–Kier alpha value is -1.23. The van der Waals surface area contributed by atoms with Gasteiger partial charge in [0.1, 0.15) is 5.75 Å². The molecule has 1 aliphatic rings. The SMILES string of the molecule is COc1ccc2c(c1)CN(CC(F)(F)F)CC2. The van der Waals surface area contributed by atoms with E-state index in [1.54, 1.807) is 7.11 Å². The first-order chi connectivity index (χ1) is 7.98. The van der Waals surface area contributed by atoms with Gasteiger partial charge in [0.05, 0.1) is 13.7 Å². The summed E-state index contributed by atoms with van der Waals surface area (Å²) in [6, 6.07) is 5.59. The first kappa shape index (κ1) is 12.2. The molecule has 0 atom stereocenters. The topological polar surface area (TPSA) is 12.5 Å². The summed E-state index contributed by atoms with van der Waals surface area (Å²) in [6.45, 7) is -0.0471. The highest BCUT2D eigenvalue weighted by atomic mass is 19.4. The average Bonchev–Trinajstić information content (AvgIpc) is 2.26. The first-order valence-corrected chi connectivity index (χ1v) is 5.43. The van der Waals surface area contributed by atoms with Crippen LogP contribution in [0.4, 0.5) is 13.2 Å². The van der Waals surface area contributed by atoms with Gasteiger partial charge in [0, 0.05) is 13.1 Å². The van der Waals surface area contributed by atoms with E-state index in [1.165, 1.54) is 4.90 Å². The van der Waals surface area contributed by atoms with Crippen molar-refractivity contribution in [3.8, 4) is 5.75 Å². The van der Waals surface area contributed by atoms with E-state index in [0.29, 0.717) is 25.3 Å². The van der Waals surface area contributed by atoms with Crippen LogP contribution in [0.1, 0.15) is 11.1 Å². The predicted octanol–water partition coefficient (Wildman–Crippen LogP) is 2.62. The second kappa shape index (κ2) is 4.56. The van der Waals surface area contributed by atoms with Crippen LogP contribution in [-0.2, 0) is 13.0 Å². The normalized spacial score (nSPS) is 16.7. The minimum absolute atomic E-state index is 0.339. The van der Waals surface area contributed by atoms with Crippen LogP contribution in [0.25, 0.3) is 0 Å². The standard InChI is InChI=1S/C12H14F3NO/c1-17-11-3-2-9-4-5-16(7-10(9)6-11)8-12(13,14)15/h2-3,6H,4-5,7-8H2,1H3. The maximum atomic E-state index is 12.3. The van der Waals surface area contributed by atoms with Crippen LogP contribution in [0.2, 0.25) is 0 Å². The second-order valence-electron chi connectivity index (χ2n) is 4.21. The van der Waals surface area contributed by atoms with Crippen LogP contribution in [0.3, 0.4) is 0 Å². The summed E-state index contributed by atoms with van der Waals surface area (Å²) < 4.78 is 42.0. The van der Waals surface area contributed by atoms with E-state index in [0.717, 1.165) is 11.1 Å². The van der Waals surface area contributed by atoms with E-state index in [-0.39, 0.29) is 0 Å². The fourth-order valence-corrected chi connectivity index (χ4v) is 2.11. The molecule has 0 saturated heterocycles. The van der Waals surface area contributed by atoms with Gasteiger partial charge in [0.2, 0.25) is 0 Å². The predicted molar refractivity (Wildman–Crippen MR) is 58.0 cm³/mol. The molecule has 17 heavy (non-hydrogen) atoms. The van der Waals surface area contributed by atoms with Gasteiger partial charge in [0.25, 0.3) is 0 Å². The first-order valence-electron chi connectivity index (χ1n) is 5.43. The molecule has 1 aromatic rings. The number of halogens is 3. The van der Waals surface area contributed by atoms with Crippen molar-refractivity contribution in [2.24, 2.45) is 0 Å². The third-order valence-electron chi connectivity index (χ3n) is 2.91.